The molecule has 1 unspecified atom stereocenters. The van der Waals surface area contributed by atoms with E-state index in [1.54, 1.807) is 0 Å². The predicted molar refractivity (Wildman–Crippen MR) is 93.3 cm³/mol. The molecule has 0 aromatic rings. The lowest BCUT2D eigenvalue weighted by Gasteiger charge is -2.13. The lowest BCUT2D eigenvalue weighted by Crippen LogP contribution is -2.32. The first kappa shape index (κ1) is 21.4. The van der Waals surface area contributed by atoms with E-state index in [9.17, 15) is 19.2 Å². The van der Waals surface area contributed by atoms with Crippen molar-refractivity contribution in [1.29, 1.82) is 0 Å². The molecule has 7 nitrogen and oxygen atoms in total. The van der Waals surface area contributed by atoms with E-state index >= 15 is 0 Å². The van der Waals surface area contributed by atoms with Gasteiger partial charge in [-0.1, -0.05) is 31.2 Å². The van der Waals surface area contributed by atoms with Crippen LogP contribution >= 0.6 is 11.8 Å². The first-order valence-corrected chi connectivity index (χ1v) is 9.37. The van der Waals surface area contributed by atoms with Crippen molar-refractivity contribution in [1.82, 2.24) is 5.06 Å². The number of hydrogen-bond donors (Lipinski definition) is 0. The fourth-order valence-electron chi connectivity index (χ4n) is 2.16. The summed E-state index contributed by atoms with van der Waals surface area (Å²) in [7, 11) is 0. The van der Waals surface area contributed by atoms with Crippen LogP contribution in [0.1, 0.15) is 45.4 Å². The second-order valence-electron chi connectivity index (χ2n) is 5.67. The molecule has 0 aromatic carbocycles. The quantitative estimate of drug-likeness (QED) is 0.384. The number of nitrogens with zero attached hydrogens (tertiary/aromatic N) is 1. The Hall–Kier alpha value is -1.67. The molecule has 0 spiro atoms. The molecule has 0 radical (unpaired) electrons. The van der Waals surface area contributed by atoms with E-state index in [-0.39, 0.29) is 36.7 Å². The summed E-state index contributed by atoms with van der Waals surface area (Å²) in [5, 5.41) is 0.339. The number of thioether (sulfide) groups is 1. The molecule has 1 fully saturated rings. The SMILES string of the molecule is C=CCCC(CC)COCC(=O)SCCC(=O)ON1C(=O)CCC1=O. The molecule has 1 aliphatic rings. The number of hydrogen-bond acceptors (Lipinski definition) is 7. The van der Waals surface area contributed by atoms with Crippen LogP contribution in [-0.4, -0.2) is 46.9 Å². The number of hydroxylamine groups is 2. The molecule has 8 heteroatoms. The van der Waals surface area contributed by atoms with Gasteiger partial charge in [0.25, 0.3) is 11.8 Å². The molecule has 1 heterocycles. The van der Waals surface area contributed by atoms with Crippen molar-refractivity contribution in [3.8, 4) is 0 Å². The van der Waals surface area contributed by atoms with Crippen LogP contribution in [0, 0.1) is 5.92 Å². The van der Waals surface area contributed by atoms with Crippen LogP contribution in [0.2, 0.25) is 0 Å². The fraction of sp³-hybridized carbons (Fsp3) is 0.647. The summed E-state index contributed by atoms with van der Waals surface area (Å²) in [4.78, 5) is 50.6. The lowest BCUT2D eigenvalue weighted by molar-refractivity contribution is -0.197. The van der Waals surface area contributed by atoms with Gasteiger partial charge in [0.15, 0.2) is 0 Å². The number of amides is 2. The minimum absolute atomic E-state index is 0.00655. The van der Waals surface area contributed by atoms with Gasteiger partial charge in [-0.05, 0) is 18.8 Å². The van der Waals surface area contributed by atoms with Gasteiger partial charge in [0, 0.05) is 18.6 Å². The Labute approximate surface area is 152 Å². The van der Waals surface area contributed by atoms with E-state index in [1.807, 2.05) is 6.08 Å². The molecule has 25 heavy (non-hydrogen) atoms. The van der Waals surface area contributed by atoms with Crippen LogP contribution in [-0.2, 0) is 28.8 Å². The summed E-state index contributed by atoms with van der Waals surface area (Å²) in [6.07, 6.45) is 4.81. The maximum atomic E-state index is 11.7. The van der Waals surface area contributed by atoms with Crippen LogP contribution < -0.4 is 0 Å². The number of imide groups is 1. The van der Waals surface area contributed by atoms with Crippen molar-refractivity contribution in [3.05, 3.63) is 12.7 Å². The zero-order valence-corrected chi connectivity index (χ0v) is 15.3. The number of carbonyl (C=O) groups excluding carboxylic acids is 4. The van der Waals surface area contributed by atoms with Gasteiger partial charge in [-0.3, -0.25) is 14.4 Å². The van der Waals surface area contributed by atoms with Gasteiger partial charge >= 0.3 is 5.97 Å². The molecular formula is C17H25NO6S. The van der Waals surface area contributed by atoms with Gasteiger partial charge in [0.05, 0.1) is 13.0 Å². The number of rotatable bonds is 12. The molecular weight excluding hydrogens is 346 g/mol. The third kappa shape index (κ3) is 8.31. The van der Waals surface area contributed by atoms with Crippen LogP contribution in [0.15, 0.2) is 12.7 Å². The molecule has 1 aliphatic heterocycles. The summed E-state index contributed by atoms with van der Waals surface area (Å²) < 4.78 is 5.42. The second-order valence-corrected chi connectivity index (χ2v) is 6.82. The molecule has 1 saturated heterocycles. The Morgan fingerprint density at radius 3 is 2.60 bits per heavy atom. The van der Waals surface area contributed by atoms with E-state index in [4.69, 9.17) is 9.57 Å². The molecule has 0 saturated carbocycles. The summed E-state index contributed by atoms with van der Waals surface area (Å²) in [6.45, 7) is 6.29. The molecule has 2 amide bonds. The highest BCUT2D eigenvalue weighted by Crippen LogP contribution is 2.14. The topological polar surface area (TPSA) is 90.0 Å². The van der Waals surface area contributed by atoms with Crippen molar-refractivity contribution in [2.45, 2.75) is 45.4 Å². The molecule has 0 N–H and O–H groups in total. The van der Waals surface area contributed by atoms with Crippen LogP contribution in [0.4, 0.5) is 0 Å². The zero-order valence-electron chi connectivity index (χ0n) is 14.5. The Morgan fingerprint density at radius 2 is 2.00 bits per heavy atom. The Balaban J connectivity index is 2.13. The average molecular weight is 371 g/mol. The highest BCUT2D eigenvalue weighted by Gasteiger charge is 2.32. The van der Waals surface area contributed by atoms with Crippen molar-refractivity contribution in [2.75, 3.05) is 19.0 Å². The fourth-order valence-corrected chi connectivity index (χ4v) is 2.83. The van der Waals surface area contributed by atoms with Crippen LogP contribution in [0.3, 0.4) is 0 Å². The average Bonchev–Trinajstić information content (AvgIpc) is 2.89. The Bertz CT molecular complexity index is 491. The zero-order chi connectivity index (χ0) is 18.7. The second kappa shape index (κ2) is 11.8. The van der Waals surface area contributed by atoms with E-state index in [0.717, 1.165) is 31.0 Å². The van der Waals surface area contributed by atoms with Crippen molar-refractivity contribution < 1.29 is 28.8 Å². The van der Waals surface area contributed by atoms with Gasteiger partial charge in [-0.15, -0.1) is 11.6 Å². The van der Waals surface area contributed by atoms with Crippen molar-refractivity contribution >= 4 is 34.7 Å². The highest BCUT2D eigenvalue weighted by molar-refractivity contribution is 8.13. The third-order valence-corrected chi connectivity index (χ3v) is 4.55. The summed E-state index contributed by atoms with van der Waals surface area (Å²) in [5.74, 6) is -1.12. The van der Waals surface area contributed by atoms with Crippen molar-refractivity contribution in [3.63, 3.8) is 0 Å². The van der Waals surface area contributed by atoms with Crippen molar-refractivity contribution in [2.24, 2.45) is 5.92 Å². The van der Waals surface area contributed by atoms with Gasteiger partial charge in [-0.2, -0.15) is 0 Å². The van der Waals surface area contributed by atoms with E-state index in [1.165, 1.54) is 0 Å². The minimum Gasteiger partial charge on any atom is -0.372 e. The largest absolute Gasteiger partial charge is 0.372 e. The maximum absolute atomic E-state index is 11.7. The van der Waals surface area contributed by atoms with Gasteiger partial charge < -0.3 is 9.57 Å². The summed E-state index contributed by atoms with van der Waals surface area (Å²) in [6, 6.07) is 0. The first-order chi connectivity index (χ1) is 12.0. The Kier molecular flexibility index (Phi) is 10.1. The normalized spacial score (nSPS) is 15.3. The summed E-state index contributed by atoms with van der Waals surface area (Å²) in [5.41, 5.74) is 0. The van der Waals surface area contributed by atoms with Gasteiger partial charge in [0.1, 0.15) is 6.61 Å². The number of carbonyl (C=O) groups is 4. The number of ether oxygens (including phenoxy) is 1. The molecule has 0 aromatic heterocycles. The smallest absolute Gasteiger partial charge is 0.334 e. The molecule has 0 bridgehead atoms. The monoisotopic (exact) mass is 371 g/mol. The summed E-state index contributed by atoms with van der Waals surface area (Å²) >= 11 is 0.972. The predicted octanol–water partition coefficient (Wildman–Crippen LogP) is 2.25. The standard InChI is InChI=1S/C17H25NO6S/c1-3-5-6-13(4-2)11-23-12-17(22)25-10-9-16(21)24-18-14(19)7-8-15(18)20/h3,13H,1,4-12H2,2H3. The van der Waals surface area contributed by atoms with E-state index in [2.05, 4.69) is 13.5 Å². The first-order valence-electron chi connectivity index (χ1n) is 8.38. The molecule has 0 aliphatic carbocycles. The van der Waals surface area contributed by atoms with E-state index in [0.29, 0.717) is 17.6 Å². The Morgan fingerprint density at radius 1 is 1.32 bits per heavy atom. The molecule has 140 valence electrons. The third-order valence-electron chi connectivity index (χ3n) is 3.70. The minimum atomic E-state index is -0.708. The van der Waals surface area contributed by atoms with Gasteiger partial charge in [-0.25, -0.2) is 4.79 Å². The van der Waals surface area contributed by atoms with Crippen LogP contribution in [0.25, 0.3) is 0 Å². The molecule has 1 rings (SSSR count). The lowest BCUT2D eigenvalue weighted by atomic mass is 10.0. The van der Waals surface area contributed by atoms with E-state index < -0.39 is 17.8 Å². The van der Waals surface area contributed by atoms with Crippen LogP contribution in [0.5, 0.6) is 0 Å². The molecule has 1 atom stereocenters. The maximum Gasteiger partial charge on any atom is 0.334 e. The highest BCUT2D eigenvalue weighted by atomic mass is 32.2. The number of allylic oxidation sites excluding steroid dienone is 1. The van der Waals surface area contributed by atoms with Gasteiger partial charge in [0.2, 0.25) is 5.12 Å².